The lowest BCUT2D eigenvalue weighted by molar-refractivity contribution is -0.120. The third kappa shape index (κ3) is 3.99. The number of thioether (sulfide) groups is 1. The number of rotatable bonds is 4. The Morgan fingerprint density at radius 3 is 2.58 bits per heavy atom. The second-order valence-electron chi connectivity index (χ2n) is 4.58. The Labute approximate surface area is 116 Å². The number of aromatic carboxylic acids is 1. The van der Waals surface area contributed by atoms with Gasteiger partial charge >= 0.3 is 5.97 Å². The molecular formula is C14H17NO3S. The summed E-state index contributed by atoms with van der Waals surface area (Å²) in [5.41, 5.74) is 1.18. The van der Waals surface area contributed by atoms with E-state index in [2.05, 4.69) is 5.32 Å². The van der Waals surface area contributed by atoms with Crippen LogP contribution in [0.15, 0.2) is 24.3 Å². The Hall–Kier alpha value is -1.49. The van der Waals surface area contributed by atoms with Gasteiger partial charge in [0.1, 0.15) is 0 Å². The molecule has 1 aliphatic rings. The number of carbonyl (C=O) groups is 2. The summed E-state index contributed by atoms with van der Waals surface area (Å²) in [7, 11) is 0. The van der Waals surface area contributed by atoms with Crippen LogP contribution in [0.4, 0.5) is 0 Å². The zero-order valence-electron chi connectivity index (χ0n) is 10.6. The van der Waals surface area contributed by atoms with Crippen molar-refractivity contribution in [3.8, 4) is 0 Å². The Morgan fingerprint density at radius 2 is 2.00 bits per heavy atom. The average Bonchev–Trinajstić information content (AvgIpc) is 2.46. The summed E-state index contributed by atoms with van der Waals surface area (Å²) in [6, 6.07) is 6.58. The molecule has 2 rings (SSSR count). The largest absolute Gasteiger partial charge is 0.478 e. The predicted molar refractivity (Wildman–Crippen MR) is 75.3 cm³/mol. The molecule has 1 aromatic rings. The fourth-order valence-corrected chi connectivity index (χ4v) is 3.24. The Balaban J connectivity index is 1.84. The number of hydrogen-bond acceptors (Lipinski definition) is 3. The monoisotopic (exact) mass is 279 g/mol. The van der Waals surface area contributed by atoms with Crippen molar-refractivity contribution >= 4 is 23.6 Å². The van der Waals surface area contributed by atoms with Crippen LogP contribution in [-0.2, 0) is 11.3 Å². The van der Waals surface area contributed by atoms with E-state index in [1.54, 1.807) is 36.0 Å². The molecule has 1 unspecified atom stereocenters. The van der Waals surface area contributed by atoms with Crippen LogP contribution < -0.4 is 5.32 Å². The van der Waals surface area contributed by atoms with Crippen molar-refractivity contribution in [2.45, 2.75) is 31.1 Å². The minimum absolute atomic E-state index is 0.0760. The van der Waals surface area contributed by atoms with Gasteiger partial charge < -0.3 is 10.4 Å². The van der Waals surface area contributed by atoms with E-state index in [0.717, 1.165) is 24.2 Å². The van der Waals surface area contributed by atoms with Gasteiger partial charge in [0.05, 0.1) is 10.8 Å². The van der Waals surface area contributed by atoms with Gasteiger partial charge in [-0.15, -0.1) is 11.8 Å². The maximum atomic E-state index is 11.9. The molecule has 19 heavy (non-hydrogen) atoms. The standard InChI is InChI=1S/C14H17NO3S/c16-13(12-3-1-2-8-19-12)15-9-10-4-6-11(7-5-10)14(17)18/h4-7,12H,1-3,8-9H2,(H,15,16)(H,17,18). The molecule has 0 aliphatic carbocycles. The van der Waals surface area contributed by atoms with E-state index in [1.165, 1.54) is 6.42 Å². The molecule has 0 saturated carbocycles. The number of amides is 1. The molecule has 0 spiro atoms. The first-order valence-corrected chi connectivity index (χ1v) is 7.43. The summed E-state index contributed by atoms with van der Waals surface area (Å²) in [4.78, 5) is 22.6. The molecule has 1 heterocycles. The highest BCUT2D eigenvalue weighted by Gasteiger charge is 2.21. The van der Waals surface area contributed by atoms with Crippen LogP contribution in [0, 0.1) is 0 Å². The zero-order valence-corrected chi connectivity index (χ0v) is 11.4. The first kappa shape index (κ1) is 13.9. The van der Waals surface area contributed by atoms with Gasteiger partial charge in [-0.2, -0.15) is 0 Å². The van der Waals surface area contributed by atoms with Crippen LogP contribution in [0.2, 0.25) is 0 Å². The van der Waals surface area contributed by atoms with Crippen molar-refractivity contribution in [3.63, 3.8) is 0 Å². The van der Waals surface area contributed by atoms with Gasteiger partial charge in [-0.25, -0.2) is 4.79 Å². The highest BCUT2D eigenvalue weighted by atomic mass is 32.2. The molecule has 0 bridgehead atoms. The van der Waals surface area contributed by atoms with E-state index in [-0.39, 0.29) is 16.7 Å². The van der Waals surface area contributed by atoms with E-state index >= 15 is 0 Å². The van der Waals surface area contributed by atoms with Crippen LogP contribution in [-0.4, -0.2) is 28.0 Å². The maximum Gasteiger partial charge on any atom is 0.335 e. The van der Waals surface area contributed by atoms with Gasteiger partial charge in [-0.1, -0.05) is 18.6 Å². The van der Waals surface area contributed by atoms with Gasteiger partial charge in [-0.3, -0.25) is 4.79 Å². The highest BCUT2D eigenvalue weighted by Crippen LogP contribution is 2.25. The average molecular weight is 279 g/mol. The smallest absolute Gasteiger partial charge is 0.335 e. The minimum atomic E-state index is -0.936. The molecule has 4 nitrogen and oxygen atoms in total. The van der Waals surface area contributed by atoms with Crippen LogP contribution in [0.5, 0.6) is 0 Å². The number of carboxylic acids is 1. The van der Waals surface area contributed by atoms with E-state index < -0.39 is 5.97 Å². The Bertz CT molecular complexity index is 452. The second kappa shape index (κ2) is 6.61. The third-order valence-electron chi connectivity index (χ3n) is 3.14. The molecule has 102 valence electrons. The summed E-state index contributed by atoms with van der Waals surface area (Å²) >= 11 is 1.72. The maximum absolute atomic E-state index is 11.9. The van der Waals surface area contributed by atoms with Crippen molar-refractivity contribution in [1.29, 1.82) is 0 Å². The SMILES string of the molecule is O=C(O)c1ccc(CNC(=O)C2CCCCS2)cc1. The minimum Gasteiger partial charge on any atom is -0.478 e. The van der Waals surface area contributed by atoms with E-state index in [0.29, 0.717) is 6.54 Å². The van der Waals surface area contributed by atoms with Gasteiger partial charge in [-0.05, 0) is 36.3 Å². The van der Waals surface area contributed by atoms with Crippen LogP contribution in [0.1, 0.15) is 35.2 Å². The molecule has 1 aromatic carbocycles. The van der Waals surface area contributed by atoms with E-state index in [4.69, 9.17) is 5.11 Å². The van der Waals surface area contributed by atoms with Crippen LogP contribution >= 0.6 is 11.8 Å². The quantitative estimate of drug-likeness (QED) is 0.887. The highest BCUT2D eigenvalue weighted by molar-refractivity contribution is 8.00. The molecule has 1 aliphatic heterocycles. The van der Waals surface area contributed by atoms with E-state index in [9.17, 15) is 9.59 Å². The molecule has 2 N–H and O–H groups in total. The van der Waals surface area contributed by atoms with Gasteiger partial charge in [0.15, 0.2) is 0 Å². The topological polar surface area (TPSA) is 66.4 Å². The molecule has 1 saturated heterocycles. The molecule has 1 fully saturated rings. The summed E-state index contributed by atoms with van der Waals surface area (Å²) in [5, 5.41) is 11.8. The first-order chi connectivity index (χ1) is 9.16. The Morgan fingerprint density at radius 1 is 1.26 bits per heavy atom. The van der Waals surface area contributed by atoms with Crippen molar-refractivity contribution in [3.05, 3.63) is 35.4 Å². The van der Waals surface area contributed by atoms with Gasteiger partial charge in [0.2, 0.25) is 5.91 Å². The number of hydrogen-bond donors (Lipinski definition) is 2. The third-order valence-corrected chi connectivity index (χ3v) is 4.52. The van der Waals surface area contributed by atoms with Gasteiger partial charge in [0.25, 0.3) is 0 Å². The summed E-state index contributed by atoms with van der Waals surface area (Å²) in [6.07, 6.45) is 3.28. The number of carbonyl (C=O) groups excluding carboxylic acids is 1. The predicted octanol–water partition coefficient (Wildman–Crippen LogP) is 2.29. The summed E-state index contributed by atoms with van der Waals surface area (Å²) < 4.78 is 0. The number of benzene rings is 1. The van der Waals surface area contributed by atoms with Gasteiger partial charge in [0, 0.05) is 6.54 Å². The lowest BCUT2D eigenvalue weighted by Crippen LogP contribution is -2.33. The summed E-state index contributed by atoms with van der Waals surface area (Å²) in [5.74, 6) is 0.215. The number of nitrogens with one attached hydrogen (secondary N) is 1. The van der Waals surface area contributed by atoms with Crippen molar-refractivity contribution in [1.82, 2.24) is 5.32 Å². The van der Waals surface area contributed by atoms with E-state index in [1.807, 2.05) is 0 Å². The van der Waals surface area contributed by atoms with Crippen molar-refractivity contribution < 1.29 is 14.7 Å². The number of carboxylic acid groups (broad SMARTS) is 1. The molecular weight excluding hydrogens is 262 g/mol. The fraction of sp³-hybridized carbons (Fsp3) is 0.429. The lowest BCUT2D eigenvalue weighted by atomic mass is 10.1. The Kier molecular flexibility index (Phi) is 4.85. The molecule has 1 amide bonds. The van der Waals surface area contributed by atoms with Crippen LogP contribution in [0.3, 0.4) is 0 Å². The zero-order chi connectivity index (χ0) is 13.7. The molecule has 0 aromatic heterocycles. The molecule has 5 heteroatoms. The first-order valence-electron chi connectivity index (χ1n) is 6.38. The fourth-order valence-electron chi connectivity index (χ4n) is 2.02. The molecule has 1 atom stereocenters. The van der Waals surface area contributed by atoms with Crippen molar-refractivity contribution in [2.75, 3.05) is 5.75 Å². The summed E-state index contributed by atoms with van der Waals surface area (Å²) in [6.45, 7) is 0.454. The van der Waals surface area contributed by atoms with Crippen molar-refractivity contribution in [2.24, 2.45) is 0 Å². The normalized spacial score (nSPS) is 18.8. The lowest BCUT2D eigenvalue weighted by Gasteiger charge is -2.20. The second-order valence-corrected chi connectivity index (χ2v) is 5.89. The molecule has 0 radical (unpaired) electrons. The van der Waals surface area contributed by atoms with Crippen LogP contribution in [0.25, 0.3) is 0 Å².